The van der Waals surface area contributed by atoms with Crippen molar-refractivity contribution in [1.29, 1.82) is 0 Å². The third kappa shape index (κ3) is 7.02. The Morgan fingerprint density at radius 2 is 1.90 bits per heavy atom. The van der Waals surface area contributed by atoms with Gasteiger partial charge in [0.1, 0.15) is 5.75 Å². The van der Waals surface area contributed by atoms with Gasteiger partial charge in [0.25, 0.3) is 0 Å². The molecule has 21 heavy (non-hydrogen) atoms. The molecule has 0 aliphatic carbocycles. The monoisotopic (exact) mass is 303 g/mol. The standard InChI is InChI=1S/C15H20F3NO2/c1-3-4-11(2)14(20)19-9-12-5-7-13(8-6-12)21-10-15(16,17)18/h5-8,11H,3-4,9-10H2,1-2H3,(H,19,20). The highest BCUT2D eigenvalue weighted by atomic mass is 19.4. The topological polar surface area (TPSA) is 38.3 Å². The lowest BCUT2D eigenvalue weighted by molar-refractivity contribution is -0.153. The molecule has 1 aromatic rings. The van der Waals surface area contributed by atoms with Crippen molar-refractivity contribution in [1.82, 2.24) is 5.32 Å². The molecule has 0 aliphatic heterocycles. The average Bonchev–Trinajstić information content (AvgIpc) is 2.43. The van der Waals surface area contributed by atoms with Crippen LogP contribution in [-0.4, -0.2) is 18.7 Å². The Hall–Kier alpha value is -1.72. The van der Waals surface area contributed by atoms with Crippen LogP contribution in [-0.2, 0) is 11.3 Å². The second-order valence-corrected chi connectivity index (χ2v) is 4.96. The molecule has 3 nitrogen and oxygen atoms in total. The summed E-state index contributed by atoms with van der Waals surface area (Å²) < 4.78 is 40.6. The number of hydrogen-bond donors (Lipinski definition) is 1. The Kier molecular flexibility index (Phi) is 6.52. The number of carbonyl (C=O) groups excluding carboxylic acids is 1. The molecular weight excluding hydrogens is 283 g/mol. The van der Waals surface area contributed by atoms with Crippen LogP contribution in [0.4, 0.5) is 13.2 Å². The number of alkyl halides is 3. The Labute approximate surface area is 122 Å². The van der Waals surface area contributed by atoms with Crippen LogP contribution in [0.1, 0.15) is 32.3 Å². The molecule has 0 saturated heterocycles. The van der Waals surface area contributed by atoms with E-state index in [0.29, 0.717) is 6.54 Å². The van der Waals surface area contributed by atoms with Crippen molar-refractivity contribution >= 4 is 5.91 Å². The van der Waals surface area contributed by atoms with Crippen LogP contribution in [0, 0.1) is 5.92 Å². The number of hydrogen-bond acceptors (Lipinski definition) is 2. The van der Waals surface area contributed by atoms with Crippen LogP contribution in [0.5, 0.6) is 5.75 Å². The van der Waals surface area contributed by atoms with Gasteiger partial charge < -0.3 is 10.1 Å². The molecule has 0 spiro atoms. The Morgan fingerprint density at radius 3 is 2.43 bits per heavy atom. The fourth-order valence-corrected chi connectivity index (χ4v) is 1.80. The summed E-state index contributed by atoms with van der Waals surface area (Å²) in [6.45, 7) is 2.93. The van der Waals surface area contributed by atoms with Crippen LogP contribution in [0.3, 0.4) is 0 Å². The molecule has 0 radical (unpaired) electrons. The molecule has 0 aliphatic rings. The van der Waals surface area contributed by atoms with E-state index < -0.39 is 12.8 Å². The summed E-state index contributed by atoms with van der Waals surface area (Å²) in [6.07, 6.45) is -2.57. The van der Waals surface area contributed by atoms with Crippen LogP contribution in [0.2, 0.25) is 0 Å². The molecule has 118 valence electrons. The zero-order valence-corrected chi connectivity index (χ0v) is 12.2. The average molecular weight is 303 g/mol. The van der Waals surface area contributed by atoms with Crippen LogP contribution in [0.25, 0.3) is 0 Å². The fraction of sp³-hybridized carbons (Fsp3) is 0.533. The Bertz CT molecular complexity index is 443. The molecule has 0 bridgehead atoms. The van der Waals surface area contributed by atoms with Crippen molar-refractivity contribution < 1.29 is 22.7 Å². The van der Waals surface area contributed by atoms with Crippen molar-refractivity contribution in [2.45, 2.75) is 39.4 Å². The molecule has 1 amide bonds. The van der Waals surface area contributed by atoms with E-state index in [1.54, 1.807) is 12.1 Å². The van der Waals surface area contributed by atoms with Gasteiger partial charge in [-0.25, -0.2) is 0 Å². The lowest BCUT2D eigenvalue weighted by Gasteiger charge is -2.12. The van der Waals surface area contributed by atoms with Gasteiger partial charge in [-0.2, -0.15) is 13.2 Å². The zero-order valence-electron chi connectivity index (χ0n) is 12.2. The predicted molar refractivity (Wildman–Crippen MR) is 73.9 cm³/mol. The maximum absolute atomic E-state index is 12.0. The zero-order chi connectivity index (χ0) is 15.9. The third-order valence-corrected chi connectivity index (χ3v) is 2.96. The van der Waals surface area contributed by atoms with Gasteiger partial charge >= 0.3 is 6.18 Å². The minimum atomic E-state index is -4.35. The number of carbonyl (C=O) groups is 1. The maximum Gasteiger partial charge on any atom is 0.422 e. The minimum Gasteiger partial charge on any atom is -0.484 e. The van der Waals surface area contributed by atoms with E-state index in [1.165, 1.54) is 12.1 Å². The maximum atomic E-state index is 12.0. The van der Waals surface area contributed by atoms with Gasteiger partial charge in [-0.15, -0.1) is 0 Å². The Balaban J connectivity index is 2.42. The summed E-state index contributed by atoms with van der Waals surface area (Å²) in [5.74, 6) is 0.0976. The van der Waals surface area contributed by atoms with E-state index >= 15 is 0 Å². The van der Waals surface area contributed by atoms with Gasteiger partial charge in [0, 0.05) is 12.5 Å². The van der Waals surface area contributed by atoms with Gasteiger partial charge in [0.2, 0.25) is 5.91 Å². The highest BCUT2D eigenvalue weighted by molar-refractivity contribution is 5.78. The molecule has 1 atom stereocenters. The lowest BCUT2D eigenvalue weighted by Crippen LogP contribution is -2.28. The van der Waals surface area contributed by atoms with Gasteiger partial charge in [-0.1, -0.05) is 32.4 Å². The second-order valence-electron chi connectivity index (χ2n) is 4.96. The summed E-state index contributed by atoms with van der Waals surface area (Å²) >= 11 is 0. The first kappa shape index (κ1) is 17.3. The summed E-state index contributed by atoms with van der Waals surface area (Å²) in [5, 5.41) is 2.80. The van der Waals surface area contributed by atoms with E-state index in [0.717, 1.165) is 18.4 Å². The quantitative estimate of drug-likeness (QED) is 0.834. The molecule has 1 unspecified atom stereocenters. The SMILES string of the molecule is CCCC(C)C(=O)NCc1ccc(OCC(F)(F)F)cc1. The first-order valence-corrected chi connectivity index (χ1v) is 6.88. The molecule has 1 N–H and O–H groups in total. The number of amides is 1. The summed E-state index contributed by atoms with van der Waals surface area (Å²) in [6, 6.07) is 6.19. The molecular formula is C15H20F3NO2. The molecule has 0 saturated carbocycles. The molecule has 1 aromatic carbocycles. The number of nitrogens with one attached hydrogen (secondary N) is 1. The van der Waals surface area contributed by atoms with Gasteiger partial charge in [0.05, 0.1) is 0 Å². The molecule has 0 aromatic heterocycles. The smallest absolute Gasteiger partial charge is 0.422 e. The largest absolute Gasteiger partial charge is 0.484 e. The Morgan fingerprint density at radius 1 is 1.29 bits per heavy atom. The van der Waals surface area contributed by atoms with E-state index in [-0.39, 0.29) is 17.6 Å². The number of ether oxygens (including phenoxy) is 1. The van der Waals surface area contributed by atoms with Crippen LogP contribution >= 0.6 is 0 Å². The van der Waals surface area contributed by atoms with E-state index in [2.05, 4.69) is 10.1 Å². The van der Waals surface area contributed by atoms with E-state index in [1.807, 2.05) is 13.8 Å². The summed E-state index contributed by atoms with van der Waals surface area (Å²) in [7, 11) is 0. The minimum absolute atomic E-state index is 0.0192. The second kappa shape index (κ2) is 7.90. The van der Waals surface area contributed by atoms with Crippen molar-refractivity contribution in [2.75, 3.05) is 6.61 Å². The molecule has 6 heteroatoms. The van der Waals surface area contributed by atoms with Gasteiger partial charge in [0.15, 0.2) is 6.61 Å². The molecule has 0 heterocycles. The number of benzene rings is 1. The first-order valence-electron chi connectivity index (χ1n) is 6.88. The molecule has 1 rings (SSSR count). The number of rotatable bonds is 7. The summed E-state index contributed by atoms with van der Waals surface area (Å²) in [4.78, 5) is 11.7. The fourth-order valence-electron chi connectivity index (χ4n) is 1.80. The summed E-state index contributed by atoms with van der Waals surface area (Å²) in [5.41, 5.74) is 0.811. The first-order chi connectivity index (χ1) is 9.81. The lowest BCUT2D eigenvalue weighted by atomic mass is 10.1. The van der Waals surface area contributed by atoms with Crippen molar-refractivity contribution in [3.63, 3.8) is 0 Å². The van der Waals surface area contributed by atoms with E-state index in [4.69, 9.17) is 0 Å². The van der Waals surface area contributed by atoms with Crippen LogP contribution in [0.15, 0.2) is 24.3 Å². The predicted octanol–water partition coefficient (Wildman–Crippen LogP) is 3.68. The number of halogens is 3. The van der Waals surface area contributed by atoms with Crippen molar-refractivity contribution in [3.05, 3.63) is 29.8 Å². The highest BCUT2D eigenvalue weighted by Gasteiger charge is 2.28. The molecule has 0 fully saturated rings. The van der Waals surface area contributed by atoms with Crippen molar-refractivity contribution in [3.8, 4) is 5.75 Å². The van der Waals surface area contributed by atoms with Gasteiger partial charge in [-0.3, -0.25) is 4.79 Å². The van der Waals surface area contributed by atoms with Crippen molar-refractivity contribution in [2.24, 2.45) is 5.92 Å². The van der Waals surface area contributed by atoms with Crippen LogP contribution < -0.4 is 10.1 Å². The van der Waals surface area contributed by atoms with Gasteiger partial charge in [-0.05, 0) is 24.1 Å². The van der Waals surface area contributed by atoms with E-state index in [9.17, 15) is 18.0 Å². The third-order valence-electron chi connectivity index (χ3n) is 2.96. The normalized spacial score (nSPS) is 12.8. The highest BCUT2D eigenvalue weighted by Crippen LogP contribution is 2.18.